The first-order valence-electron chi connectivity index (χ1n) is 3.99. The largest absolute Gasteiger partial charge is 0.496 e. The van der Waals surface area contributed by atoms with Crippen LogP contribution in [0.15, 0.2) is 27.2 Å². The molecule has 0 bridgehead atoms. The molecule has 0 heterocycles. The van der Waals surface area contributed by atoms with E-state index in [1.54, 1.807) is 6.07 Å². The Labute approximate surface area is 104 Å². The monoisotopic (exact) mass is 334 g/mol. The Morgan fingerprint density at radius 3 is 2.67 bits per heavy atom. The van der Waals surface area contributed by atoms with Gasteiger partial charge in [-0.05, 0) is 50.1 Å². The number of methoxy groups -OCH3 is 1. The van der Waals surface area contributed by atoms with E-state index in [4.69, 9.17) is 9.84 Å². The van der Waals surface area contributed by atoms with Crippen molar-refractivity contribution in [1.29, 1.82) is 0 Å². The van der Waals surface area contributed by atoms with Crippen LogP contribution in [0.4, 0.5) is 0 Å². The second-order valence-electron chi connectivity index (χ2n) is 2.65. The molecule has 0 saturated carbocycles. The molecule has 80 valence electrons. The van der Waals surface area contributed by atoms with Crippen LogP contribution in [0, 0.1) is 0 Å². The summed E-state index contributed by atoms with van der Waals surface area (Å²) in [6.07, 6.45) is 2.55. The van der Waals surface area contributed by atoms with Crippen molar-refractivity contribution >= 4 is 43.9 Å². The quantitative estimate of drug-likeness (QED) is 0.862. The lowest BCUT2D eigenvalue weighted by Crippen LogP contribution is -1.91. The number of rotatable bonds is 3. The van der Waals surface area contributed by atoms with E-state index in [1.165, 1.54) is 13.2 Å². The summed E-state index contributed by atoms with van der Waals surface area (Å²) in [5.74, 6) is -0.383. The van der Waals surface area contributed by atoms with Crippen molar-refractivity contribution in [2.45, 2.75) is 0 Å². The molecule has 0 spiro atoms. The lowest BCUT2D eigenvalue weighted by atomic mass is 10.2. The molecule has 3 nitrogen and oxygen atoms in total. The third-order valence-corrected chi connectivity index (χ3v) is 3.75. The average molecular weight is 336 g/mol. The van der Waals surface area contributed by atoms with Crippen LogP contribution in [0.25, 0.3) is 6.08 Å². The second kappa shape index (κ2) is 5.32. The topological polar surface area (TPSA) is 46.5 Å². The van der Waals surface area contributed by atoms with E-state index in [0.717, 1.165) is 15.0 Å². The summed E-state index contributed by atoms with van der Waals surface area (Å²) in [5, 5.41) is 8.54. The van der Waals surface area contributed by atoms with Gasteiger partial charge in [0, 0.05) is 20.6 Å². The zero-order valence-electron chi connectivity index (χ0n) is 7.83. The van der Waals surface area contributed by atoms with Crippen molar-refractivity contribution in [3.8, 4) is 5.75 Å². The van der Waals surface area contributed by atoms with Gasteiger partial charge in [-0.25, -0.2) is 4.79 Å². The Balaban J connectivity index is 3.23. The summed E-state index contributed by atoms with van der Waals surface area (Å²) >= 11 is 6.68. The van der Waals surface area contributed by atoms with Crippen LogP contribution in [0.3, 0.4) is 0 Å². The molecule has 1 aromatic carbocycles. The number of carbonyl (C=O) groups is 1. The summed E-state index contributed by atoms with van der Waals surface area (Å²) in [6.45, 7) is 0. The number of carboxylic acid groups (broad SMARTS) is 1. The second-order valence-corrected chi connectivity index (χ2v) is 4.30. The van der Waals surface area contributed by atoms with Crippen LogP contribution in [0.2, 0.25) is 0 Å². The lowest BCUT2D eigenvalue weighted by molar-refractivity contribution is -0.131. The molecule has 0 fully saturated rings. The van der Waals surface area contributed by atoms with E-state index >= 15 is 0 Å². The van der Waals surface area contributed by atoms with Gasteiger partial charge in [-0.1, -0.05) is 0 Å². The van der Waals surface area contributed by atoms with Gasteiger partial charge in [0.15, 0.2) is 0 Å². The lowest BCUT2D eigenvalue weighted by Gasteiger charge is -2.07. The first kappa shape index (κ1) is 12.3. The molecule has 1 aromatic rings. The number of ether oxygens (including phenoxy) is 1. The predicted molar refractivity (Wildman–Crippen MR) is 65.1 cm³/mol. The van der Waals surface area contributed by atoms with E-state index in [1.807, 2.05) is 6.07 Å². The molecule has 0 amide bonds. The Bertz CT molecular complexity index is 413. The molecule has 0 saturated heterocycles. The van der Waals surface area contributed by atoms with Gasteiger partial charge in [0.25, 0.3) is 0 Å². The van der Waals surface area contributed by atoms with Crippen molar-refractivity contribution in [2.24, 2.45) is 0 Å². The highest BCUT2D eigenvalue weighted by Gasteiger charge is 2.08. The van der Waals surface area contributed by atoms with Gasteiger partial charge < -0.3 is 9.84 Å². The van der Waals surface area contributed by atoms with Crippen LogP contribution >= 0.6 is 31.9 Å². The van der Waals surface area contributed by atoms with Crippen LogP contribution in [-0.4, -0.2) is 18.2 Å². The highest BCUT2D eigenvalue weighted by Crippen LogP contribution is 2.34. The summed E-state index contributed by atoms with van der Waals surface area (Å²) in [7, 11) is 1.54. The van der Waals surface area contributed by atoms with E-state index < -0.39 is 5.97 Å². The molecule has 0 aliphatic carbocycles. The predicted octanol–water partition coefficient (Wildman–Crippen LogP) is 3.32. The molecule has 0 unspecified atom stereocenters. The molecule has 5 heteroatoms. The molecular formula is C10H8Br2O3. The van der Waals surface area contributed by atoms with Crippen LogP contribution < -0.4 is 4.74 Å². The summed E-state index contributed by atoms with van der Waals surface area (Å²) in [6, 6.07) is 3.58. The fourth-order valence-corrected chi connectivity index (χ4v) is 1.84. The van der Waals surface area contributed by atoms with Crippen LogP contribution in [-0.2, 0) is 4.79 Å². The number of hydrogen-bond acceptors (Lipinski definition) is 2. The number of hydrogen-bond donors (Lipinski definition) is 1. The van der Waals surface area contributed by atoms with E-state index in [2.05, 4.69) is 31.9 Å². The van der Waals surface area contributed by atoms with Gasteiger partial charge in [0.2, 0.25) is 0 Å². The summed E-state index contributed by atoms with van der Waals surface area (Å²) < 4.78 is 6.72. The Kier molecular flexibility index (Phi) is 4.35. The van der Waals surface area contributed by atoms with Gasteiger partial charge >= 0.3 is 5.97 Å². The number of halogens is 2. The van der Waals surface area contributed by atoms with E-state index in [9.17, 15) is 4.79 Å². The van der Waals surface area contributed by atoms with Gasteiger partial charge in [-0.2, -0.15) is 0 Å². The fourth-order valence-electron chi connectivity index (χ4n) is 1.04. The maximum absolute atomic E-state index is 10.4. The van der Waals surface area contributed by atoms with E-state index in [0.29, 0.717) is 11.3 Å². The molecule has 1 rings (SSSR count). The maximum atomic E-state index is 10.4. The molecular weight excluding hydrogens is 328 g/mol. The average Bonchev–Trinajstić information content (AvgIpc) is 2.20. The molecule has 0 radical (unpaired) electrons. The minimum absolute atomic E-state index is 0.613. The third kappa shape index (κ3) is 3.07. The van der Waals surface area contributed by atoms with Crippen molar-refractivity contribution in [3.05, 3.63) is 32.7 Å². The Morgan fingerprint density at radius 1 is 1.47 bits per heavy atom. The Morgan fingerprint density at radius 2 is 2.13 bits per heavy atom. The zero-order chi connectivity index (χ0) is 11.4. The number of benzene rings is 1. The molecule has 0 aromatic heterocycles. The van der Waals surface area contributed by atoms with Gasteiger partial charge in [0.1, 0.15) is 5.75 Å². The standard InChI is InChI=1S/C10H8Br2O3/c1-15-8-4-3-7(11)10(12)6(8)2-5-9(13)14/h2-5H,1H3,(H,13,14)/b5-2+. The van der Waals surface area contributed by atoms with Crippen molar-refractivity contribution in [1.82, 2.24) is 0 Å². The molecule has 0 atom stereocenters. The van der Waals surface area contributed by atoms with Crippen molar-refractivity contribution < 1.29 is 14.6 Å². The summed E-state index contributed by atoms with van der Waals surface area (Å²) in [4.78, 5) is 10.4. The first-order valence-corrected chi connectivity index (χ1v) is 5.58. The fraction of sp³-hybridized carbons (Fsp3) is 0.100. The third-order valence-electron chi connectivity index (χ3n) is 1.71. The smallest absolute Gasteiger partial charge is 0.328 e. The molecule has 0 aliphatic heterocycles. The molecule has 15 heavy (non-hydrogen) atoms. The van der Waals surface area contributed by atoms with Gasteiger partial charge in [-0.15, -0.1) is 0 Å². The van der Waals surface area contributed by atoms with Gasteiger partial charge in [0.05, 0.1) is 7.11 Å². The van der Waals surface area contributed by atoms with Crippen LogP contribution in [0.5, 0.6) is 5.75 Å². The van der Waals surface area contributed by atoms with Crippen molar-refractivity contribution in [3.63, 3.8) is 0 Å². The van der Waals surface area contributed by atoms with E-state index in [-0.39, 0.29) is 0 Å². The Hall–Kier alpha value is -0.810. The first-order chi connectivity index (χ1) is 7.06. The highest BCUT2D eigenvalue weighted by atomic mass is 79.9. The number of aliphatic carboxylic acids is 1. The van der Waals surface area contributed by atoms with Crippen LogP contribution in [0.1, 0.15) is 5.56 Å². The number of carboxylic acids is 1. The maximum Gasteiger partial charge on any atom is 0.328 e. The SMILES string of the molecule is COc1ccc(Br)c(Br)c1/C=C/C(=O)O. The molecule has 0 aliphatic rings. The highest BCUT2D eigenvalue weighted by molar-refractivity contribution is 9.13. The molecule has 1 N–H and O–H groups in total. The minimum atomic E-state index is -0.996. The van der Waals surface area contributed by atoms with Crippen molar-refractivity contribution in [2.75, 3.05) is 7.11 Å². The van der Waals surface area contributed by atoms with Gasteiger partial charge in [-0.3, -0.25) is 0 Å². The zero-order valence-corrected chi connectivity index (χ0v) is 11.0. The summed E-state index contributed by atoms with van der Waals surface area (Å²) in [5.41, 5.74) is 0.689. The normalized spacial score (nSPS) is 10.6. The minimum Gasteiger partial charge on any atom is -0.496 e.